The summed E-state index contributed by atoms with van der Waals surface area (Å²) in [6.07, 6.45) is 4.09. The summed E-state index contributed by atoms with van der Waals surface area (Å²) in [5.74, 6) is 0.388. The fourth-order valence-electron chi connectivity index (χ4n) is 1.91. The van der Waals surface area contributed by atoms with Crippen molar-refractivity contribution in [3.05, 3.63) is 35.1 Å². The van der Waals surface area contributed by atoms with E-state index in [4.69, 9.17) is 0 Å². The van der Waals surface area contributed by atoms with E-state index in [2.05, 4.69) is 20.6 Å². The first-order valence-electron chi connectivity index (χ1n) is 6.73. The first kappa shape index (κ1) is 13.1. The minimum absolute atomic E-state index is 0.218. The van der Waals surface area contributed by atoms with Gasteiger partial charge in [0.1, 0.15) is 5.69 Å². The zero-order valence-electron chi connectivity index (χ0n) is 11.2. The third kappa shape index (κ3) is 2.96. The average Bonchev–Trinajstić information content (AvgIpc) is 3.21. The number of hydrogen-bond acceptors (Lipinski definition) is 5. The molecular formula is C14H16N4OS. The summed E-state index contributed by atoms with van der Waals surface area (Å²) in [5, 5.41) is 8.61. The van der Waals surface area contributed by atoms with Crippen LogP contribution in [-0.2, 0) is 0 Å². The molecule has 0 atom stereocenters. The van der Waals surface area contributed by atoms with Crippen LogP contribution in [0.15, 0.2) is 23.7 Å². The van der Waals surface area contributed by atoms with Crippen LogP contribution in [0.1, 0.15) is 41.9 Å². The number of hydrogen-bond donors (Lipinski definition) is 2. The van der Waals surface area contributed by atoms with Crippen molar-refractivity contribution < 1.29 is 4.79 Å². The molecule has 5 nitrogen and oxygen atoms in total. The van der Waals surface area contributed by atoms with Gasteiger partial charge in [0.25, 0.3) is 5.91 Å². The quantitative estimate of drug-likeness (QED) is 0.887. The van der Waals surface area contributed by atoms with Crippen molar-refractivity contribution in [2.24, 2.45) is 0 Å². The van der Waals surface area contributed by atoms with Crippen LogP contribution in [0.2, 0.25) is 0 Å². The van der Waals surface area contributed by atoms with Crippen molar-refractivity contribution in [3.63, 3.8) is 0 Å². The molecule has 6 heteroatoms. The SMILES string of the molecule is CCNc1ccc(C(=O)Nc2nc(C3CC3)cs2)nc1. The number of aromatic nitrogens is 2. The van der Waals surface area contributed by atoms with Gasteiger partial charge >= 0.3 is 0 Å². The Hall–Kier alpha value is -1.95. The first-order chi connectivity index (χ1) is 9.76. The first-order valence-corrected chi connectivity index (χ1v) is 7.61. The minimum Gasteiger partial charge on any atom is -0.384 e. The molecule has 20 heavy (non-hydrogen) atoms. The van der Waals surface area contributed by atoms with Gasteiger partial charge in [0.2, 0.25) is 0 Å². The molecule has 1 saturated carbocycles. The summed E-state index contributed by atoms with van der Waals surface area (Å²) in [6.45, 7) is 2.84. The molecule has 3 rings (SSSR count). The van der Waals surface area contributed by atoms with E-state index in [1.165, 1.54) is 24.2 Å². The lowest BCUT2D eigenvalue weighted by Gasteiger charge is -2.04. The molecule has 1 amide bonds. The summed E-state index contributed by atoms with van der Waals surface area (Å²) in [6, 6.07) is 3.56. The van der Waals surface area contributed by atoms with Crippen LogP contribution in [0.5, 0.6) is 0 Å². The van der Waals surface area contributed by atoms with E-state index in [1.807, 2.05) is 18.4 Å². The zero-order valence-corrected chi connectivity index (χ0v) is 12.0. The largest absolute Gasteiger partial charge is 0.384 e. The monoisotopic (exact) mass is 288 g/mol. The van der Waals surface area contributed by atoms with Crippen molar-refractivity contribution in [2.75, 3.05) is 17.2 Å². The molecule has 0 unspecified atom stereocenters. The van der Waals surface area contributed by atoms with Gasteiger partial charge in [-0.05, 0) is 31.9 Å². The number of nitrogens with zero attached hydrogens (tertiary/aromatic N) is 2. The van der Waals surface area contributed by atoms with Crippen molar-refractivity contribution in [1.82, 2.24) is 9.97 Å². The molecule has 1 aliphatic carbocycles. The van der Waals surface area contributed by atoms with E-state index >= 15 is 0 Å². The van der Waals surface area contributed by atoms with Crippen LogP contribution in [0.25, 0.3) is 0 Å². The lowest BCUT2D eigenvalue weighted by Crippen LogP contribution is -2.13. The van der Waals surface area contributed by atoms with Crippen LogP contribution < -0.4 is 10.6 Å². The van der Waals surface area contributed by atoms with Gasteiger partial charge in [-0.1, -0.05) is 0 Å². The summed E-state index contributed by atoms with van der Waals surface area (Å²) in [5.41, 5.74) is 2.41. The van der Waals surface area contributed by atoms with Gasteiger partial charge in [0, 0.05) is 17.8 Å². The van der Waals surface area contributed by atoms with Gasteiger partial charge in [0.05, 0.1) is 17.6 Å². The molecule has 0 spiro atoms. The fourth-order valence-corrected chi connectivity index (χ4v) is 2.70. The average molecular weight is 288 g/mol. The van der Waals surface area contributed by atoms with Gasteiger partial charge in [0.15, 0.2) is 5.13 Å². The van der Waals surface area contributed by atoms with Crippen LogP contribution in [-0.4, -0.2) is 22.4 Å². The van der Waals surface area contributed by atoms with Crippen molar-refractivity contribution in [1.29, 1.82) is 0 Å². The summed E-state index contributed by atoms with van der Waals surface area (Å²) >= 11 is 1.47. The Kier molecular flexibility index (Phi) is 3.64. The highest BCUT2D eigenvalue weighted by atomic mass is 32.1. The molecule has 1 aliphatic rings. The Morgan fingerprint density at radius 1 is 1.45 bits per heavy atom. The van der Waals surface area contributed by atoms with E-state index in [1.54, 1.807) is 12.3 Å². The molecule has 2 N–H and O–H groups in total. The second-order valence-electron chi connectivity index (χ2n) is 4.77. The van der Waals surface area contributed by atoms with Crippen molar-refractivity contribution >= 4 is 28.1 Å². The van der Waals surface area contributed by atoms with Crippen LogP contribution >= 0.6 is 11.3 Å². The second-order valence-corrected chi connectivity index (χ2v) is 5.63. The molecule has 0 bridgehead atoms. The maximum Gasteiger partial charge on any atom is 0.276 e. The molecule has 0 saturated heterocycles. The fraction of sp³-hybridized carbons (Fsp3) is 0.357. The molecule has 1 fully saturated rings. The Morgan fingerprint density at radius 3 is 2.95 bits per heavy atom. The Labute approximate surface area is 121 Å². The molecule has 0 radical (unpaired) electrons. The standard InChI is InChI=1S/C14H16N4OS/c1-2-15-10-5-6-11(16-7-10)13(19)18-14-17-12(8-20-14)9-3-4-9/h5-9,15H,2-4H2,1H3,(H,17,18,19). The van der Waals surface area contributed by atoms with Crippen LogP contribution in [0.3, 0.4) is 0 Å². The summed E-state index contributed by atoms with van der Waals surface area (Å²) < 4.78 is 0. The molecule has 2 heterocycles. The zero-order chi connectivity index (χ0) is 13.9. The third-order valence-corrected chi connectivity index (χ3v) is 3.89. The molecule has 104 valence electrons. The molecule has 2 aromatic rings. The van der Waals surface area contributed by atoms with E-state index in [9.17, 15) is 4.79 Å². The number of rotatable bonds is 5. The smallest absolute Gasteiger partial charge is 0.276 e. The number of nitrogens with one attached hydrogen (secondary N) is 2. The van der Waals surface area contributed by atoms with Gasteiger partial charge in [-0.2, -0.15) is 0 Å². The normalized spacial score (nSPS) is 14.1. The third-order valence-electron chi connectivity index (χ3n) is 3.12. The number of amides is 1. The maximum atomic E-state index is 12.1. The predicted molar refractivity (Wildman–Crippen MR) is 80.4 cm³/mol. The van der Waals surface area contributed by atoms with Gasteiger partial charge in [-0.25, -0.2) is 9.97 Å². The number of thiazole rings is 1. The summed E-state index contributed by atoms with van der Waals surface area (Å²) in [4.78, 5) is 20.6. The van der Waals surface area contributed by atoms with E-state index in [0.29, 0.717) is 16.7 Å². The molecule has 0 aliphatic heterocycles. The highest BCUT2D eigenvalue weighted by Crippen LogP contribution is 2.40. The lowest BCUT2D eigenvalue weighted by atomic mass is 10.3. The van der Waals surface area contributed by atoms with Crippen molar-refractivity contribution in [3.8, 4) is 0 Å². The molecule has 0 aromatic carbocycles. The number of carbonyl (C=O) groups excluding carboxylic acids is 1. The molecule has 2 aromatic heterocycles. The van der Waals surface area contributed by atoms with Crippen LogP contribution in [0.4, 0.5) is 10.8 Å². The predicted octanol–water partition coefficient (Wildman–Crippen LogP) is 3.10. The second kappa shape index (κ2) is 5.58. The van der Waals surface area contributed by atoms with Gasteiger partial charge in [-0.15, -0.1) is 11.3 Å². The van der Waals surface area contributed by atoms with Crippen LogP contribution in [0, 0.1) is 0 Å². The van der Waals surface area contributed by atoms with Gasteiger partial charge < -0.3 is 5.32 Å². The highest BCUT2D eigenvalue weighted by molar-refractivity contribution is 7.14. The van der Waals surface area contributed by atoms with Crippen molar-refractivity contribution in [2.45, 2.75) is 25.7 Å². The Balaban J connectivity index is 1.65. The minimum atomic E-state index is -0.218. The van der Waals surface area contributed by atoms with E-state index in [0.717, 1.165) is 17.9 Å². The van der Waals surface area contributed by atoms with E-state index in [-0.39, 0.29) is 5.91 Å². The number of pyridine rings is 1. The molecular weight excluding hydrogens is 272 g/mol. The maximum absolute atomic E-state index is 12.1. The van der Waals surface area contributed by atoms with E-state index < -0.39 is 0 Å². The van der Waals surface area contributed by atoms with Gasteiger partial charge in [-0.3, -0.25) is 10.1 Å². The summed E-state index contributed by atoms with van der Waals surface area (Å²) in [7, 11) is 0. The highest BCUT2D eigenvalue weighted by Gasteiger charge is 2.26. The number of carbonyl (C=O) groups is 1. The lowest BCUT2D eigenvalue weighted by molar-refractivity contribution is 0.102. The Bertz CT molecular complexity index is 604. The number of anilines is 2. The Morgan fingerprint density at radius 2 is 2.30 bits per heavy atom. The topological polar surface area (TPSA) is 66.9 Å².